The Hall–Kier alpha value is -0.970. The Labute approximate surface area is 89.6 Å². The van der Waals surface area contributed by atoms with Crippen LogP contribution in [-0.4, -0.2) is 31.0 Å². The van der Waals surface area contributed by atoms with Crippen LogP contribution in [0.25, 0.3) is 0 Å². The Kier molecular flexibility index (Phi) is 4.08. The van der Waals surface area contributed by atoms with Gasteiger partial charge in [-0.15, -0.1) is 0 Å². The summed E-state index contributed by atoms with van der Waals surface area (Å²) in [4.78, 5) is 4.23. The van der Waals surface area contributed by atoms with Gasteiger partial charge in [-0.05, 0) is 18.6 Å². The first-order chi connectivity index (χ1) is 7.45. The first kappa shape index (κ1) is 10.5. The molecule has 1 aliphatic heterocycles. The van der Waals surface area contributed by atoms with Gasteiger partial charge >= 0.3 is 0 Å². The Morgan fingerprint density at radius 3 is 3.20 bits per heavy atom. The van der Waals surface area contributed by atoms with E-state index in [1.54, 1.807) is 0 Å². The van der Waals surface area contributed by atoms with Crippen LogP contribution in [0.2, 0.25) is 0 Å². The molecule has 4 nitrogen and oxygen atoms in total. The third-order valence-electron chi connectivity index (χ3n) is 2.38. The van der Waals surface area contributed by atoms with Crippen molar-refractivity contribution in [3.8, 4) is 0 Å². The molecule has 1 fully saturated rings. The van der Waals surface area contributed by atoms with E-state index in [1.807, 2.05) is 24.4 Å². The zero-order chi connectivity index (χ0) is 10.3. The molecule has 0 amide bonds. The molecule has 1 aromatic rings. The Bertz CT molecular complexity index is 273. The molecule has 1 saturated heterocycles. The van der Waals surface area contributed by atoms with Gasteiger partial charge in [0.05, 0.1) is 18.4 Å². The predicted octanol–water partition coefficient (Wildman–Crippen LogP) is 0.934. The minimum Gasteiger partial charge on any atom is -0.355 e. The number of hydrogen-bond acceptors (Lipinski definition) is 4. The van der Waals surface area contributed by atoms with E-state index in [0.29, 0.717) is 6.79 Å². The normalized spacial score (nSPS) is 21.5. The molecule has 1 aromatic heterocycles. The van der Waals surface area contributed by atoms with Gasteiger partial charge in [0, 0.05) is 19.3 Å². The van der Waals surface area contributed by atoms with Crippen LogP contribution in [0.15, 0.2) is 24.4 Å². The largest absolute Gasteiger partial charge is 0.355 e. The Balaban J connectivity index is 1.66. The van der Waals surface area contributed by atoms with E-state index in [-0.39, 0.29) is 6.10 Å². The first-order valence-corrected chi connectivity index (χ1v) is 5.25. The Morgan fingerprint density at radius 1 is 1.47 bits per heavy atom. The summed E-state index contributed by atoms with van der Waals surface area (Å²) in [6.45, 7) is 2.88. The fourth-order valence-electron chi connectivity index (χ4n) is 1.53. The number of nitrogens with zero attached hydrogens (tertiary/aromatic N) is 1. The van der Waals surface area contributed by atoms with E-state index in [0.717, 1.165) is 31.8 Å². The van der Waals surface area contributed by atoms with E-state index in [1.165, 1.54) is 0 Å². The molecule has 0 spiro atoms. The second kappa shape index (κ2) is 5.80. The highest BCUT2D eigenvalue weighted by molar-refractivity contribution is 5.02. The molecule has 0 aliphatic carbocycles. The summed E-state index contributed by atoms with van der Waals surface area (Å²) >= 11 is 0. The third-order valence-corrected chi connectivity index (χ3v) is 2.38. The third kappa shape index (κ3) is 3.58. The van der Waals surface area contributed by atoms with E-state index in [4.69, 9.17) is 9.47 Å². The quantitative estimate of drug-likeness (QED) is 0.799. The summed E-state index contributed by atoms with van der Waals surface area (Å²) in [5.41, 5.74) is 1.06. The maximum absolute atomic E-state index is 5.41. The number of ether oxygens (including phenoxy) is 2. The molecular formula is C11H16N2O2. The molecule has 2 rings (SSSR count). The summed E-state index contributed by atoms with van der Waals surface area (Å²) in [6.07, 6.45) is 3.06. The van der Waals surface area contributed by atoms with Gasteiger partial charge in [0.25, 0.3) is 0 Å². The first-order valence-electron chi connectivity index (χ1n) is 5.25. The zero-order valence-corrected chi connectivity index (χ0v) is 8.69. The summed E-state index contributed by atoms with van der Waals surface area (Å²) in [7, 11) is 0. The van der Waals surface area contributed by atoms with Crippen molar-refractivity contribution in [3.63, 3.8) is 0 Å². The van der Waals surface area contributed by atoms with Gasteiger partial charge in [-0.3, -0.25) is 4.98 Å². The molecule has 0 radical (unpaired) electrons. The number of rotatable bonds is 4. The fraction of sp³-hybridized carbons (Fsp3) is 0.545. The van der Waals surface area contributed by atoms with E-state index < -0.39 is 0 Å². The minimum absolute atomic E-state index is 0.280. The maximum atomic E-state index is 5.41. The van der Waals surface area contributed by atoms with Crippen molar-refractivity contribution in [1.29, 1.82) is 0 Å². The van der Waals surface area contributed by atoms with E-state index in [9.17, 15) is 0 Å². The molecule has 82 valence electrons. The number of pyridine rings is 1. The maximum Gasteiger partial charge on any atom is 0.147 e. The average molecular weight is 208 g/mol. The van der Waals surface area contributed by atoms with E-state index in [2.05, 4.69) is 10.3 Å². The SMILES string of the molecule is c1ccc(CNCC2CCOCO2)nc1. The smallest absolute Gasteiger partial charge is 0.147 e. The molecule has 15 heavy (non-hydrogen) atoms. The van der Waals surface area contributed by atoms with Crippen molar-refractivity contribution in [3.05, 3.63) is 30.1 Å². The number of nitrogens with one attached hydrogen (secondary N) is 1. The van der Waals surface area contributed by atoms with Gasteiger partial charge in [-0.25, -0.2) is 0 Å². The van der Waals surface area contributed by atoms with Gasteiger partial charge in [0.2, 0.25) is 0 Å². The molecule has 0 bridgehead atoms. The van der Waals surface area contributed by atoms with Gasteiger partial charge in [0.1, 0.15) is 6.79 Å². The van der Waals surface area contributed by atoms with Gasteiger partial charge in [0.15, 0.2) is 0 Å². The molecule has 0 saturated carbocycles. The van der Waals surface area contributed by atoms with Gasteiger partial charge < -0.3 is 14.8 Å². The van der Waals surface area contributed by atoms with Crippen molar-refractivity contribution in [2.45, 2.75) is 19.1 Å². The monoisotopic (exact) mass is 208 g/mol. The molecule has 1 aliphatic rings. The lowest BCUT2D eigenvalue weighted by Crippen LogP contribution is -2.33. The van der Waals surface area contributed by atoms with Gasteiger partial charge in [-0.1, -0.05) is 6.07 Å². The van der Waals surface area contributed by atoms with Crippen LogP contribution in [0.1, 0.15) is 12.1 Å². The van der Waals surface area contributed by atoms with Crippen LogP contribution in [0.4, 0.5) is 0 Å². The summed E-state index contributed by atoms with van der Waals surface area (Å²) in [6, 6.07) is 5.93. The van der Waals surface area contributed by atoms with Crippen LogP contribution in [0, 0.1) is 0 Å². The molecule has 1 N–H and O–H groups in total. The highest BCUT2D eigenvalue weighted by Crippen LogP contribution is 2.04. The lowest BCUT2D eigenvalue weighted by molar-refractivity contribution is -0.137. The van der Waals surface area contributed by atoms with Crippen LogP contribution in [0.5, 0.6) is 0 Å². The minimum atomic E-state index is 0.280. The van der Waals surface area contributed by atoms with Gasteiger partial charge in [-0.2, -0.15) is 0 Å². The molecule has 4 heteroatoms. The molecule has 0 aromatic carbocycles. The van der Waals surface area contributed by atoms with E-state index >= 15 is 0 Å². The van der Waals surface area contributed by atoms with Crippen molar-refractivity contribution in [2.24, 2.45) is 0 Å². The van der Waals surface area contributed by atoms with Crippen LogP contribution >= 0.6 is 0 Å². The topological polar surface area (TPSA) is 43.4 Å². The van der Waals surface area contributed by atoms with Crippen LogP contribution in [-0.2, 0) is 16.0 Å². The lowest BCUT2D eigenvalue weighted by Gasteiger charge is -2.22. The summed E-state index contributed by atoms with van der Waals surface area (Å²) < 4.78 is 10.5. The Morgan fingerprint density at radius 2 is 2.47 bits per heavy atom. The zero-order valence-electron chi connectivity index (χ0n) is 8.69. The summed E-state index contributed by atoms with van der Waals surface area (Å²) in [5, 5.41) is 3.33. The van der Waals surface area contributed by atoms with Crippen molar-refractivity contribution in [1.82, 2.24) is 10.3 Å². The highest BCUT2D eigenvalue weighted by atomic mass is 16.7. The molecule has 1 atom stereocenters. The molecule has 1 unspecified atom stereocenters. The summed E-state index contributed by atoms with van der Waals surface area (Å²) in [5.74, 6) is 0. The molecular weight excluding hydrogens is 192 g/mol. The number of aromatic nitrogens is 1. The second-order valence-electron chi connectivity index (χ2n) is 3.56. The predicted molar refractivity (Wildman–Crippen MR) is 56.3 cm³/mol. The molecule has 2 heterocycles. The van der Waals surface area contributed by atoms with Crippen molar-refractivity contribution < 1.29 is 9.47 Å². The number of hydrogen-bond donors (Lipinski definition) is 1. The van der Waals surface area contributed by atoms with Crippen molar-refractivity contribution >= 4 is 0 Å². The average Bonchev–Trinajstić information content (AvgIpc) is 2.32. The lowest BCUT2D eigenvalue weighted by atomic mass is 10.2. The second-order valence-corrected chi connectivity index (χ2v) is 3.56. The standard InChI is InChI=1S/C11H16N2O2/c1-2-5-13-10(3-1)7-12-8-11-4-6-14-9-15-11/h1-3,5,11-12H,4,6-9H2. The van der Waals surface area contributed by atoms with Crippen LogP contribution < -0.4 is 5.32 Å². The van der Waals surface area contributed by atoms with Crippen LogP contribution in [0.3, 0.4) is 0 Å². The van der Waals surface area contributed by atoms with Crippen molar-refractivity contribution in [2.75, 3.05) is 19.9 Å². The highest BCUT2D eigenvalue weighted by Gasteiger charge is 2.12. The fourth-order valence-corrected chi connectivity index (χ4v) is 1.53.